The molecule has 34 heavy (non-hydrogen) atoms. The second kappa shape index (κ2) is 7.82. The maximum absolute atomic E-state index is 13.6. The van der Waals surface area contributed by atoms with Gasteiger partial charge in [-0.1, -0.05) is 62.1 Å². The van der Waals surface area contributed by atoms with Gasteiger partial charge in [0.15, 0.2) is 11.6 Å². The Morgan fingerprint density at radius 2 is 1.38 bits per heavy atom. The van der Waals surface area contributed by atoms with Crippen molar-refractivity contribution in [1.29, 1.82) is 0 Å². The van der Waals surface area contributed by atoms with Crippen LogP contribution in [0.15, 0.2) is 45.4 Å². The molecule has 5 rings (SSSR count). The number of rotatable bonds is 2. The molecular formula is C27H27Cl2NO4. The van der Waals surface area contributed by atoms with Crippen LogP contribution in [-0.2, 0) is 14.3 Å². The van der Waals surface area contributed by atoms with E-state index in [0.29, 0.717) is 81.0 Å². The van der Waals surface area contributed by atoms with Crippen molar-refractivity contribution in [3.8, 4) is 11.3 Å². The van der Waals surface area contributed by atoms with Gasteiger partial charge in [-0.05, 0) is 29.9 Å². The van der Waals surface area contributed by atoms with Gasteiger partial charge in [0.05, 0.1) is 16.0 Å². The summed E-state index contributed by atoms with van der Waals surface area (Å²) in [5, 5.41) is 5.15. The first-order chi connectivity index (χ1) is 15.9. The Hall–Kier alpha value is -2.37. The zero-order valence-electron chi connectivity index (χ0n) is 20.0. The second-order valence-corrected chi connectivity index (χ2v) is 12.0. The minimum atomic E-state index is -0.625. The molecule has 0 N–H and O–H groups in total. The molecule has 0 amide bonds. The summed E-state index contributed by atoms with van der Waals surface area (Å²) in [7, 11) is 0. The molecule has 0 radical (unpaired) electrons. The first kappa shape index (κ1) is 23.4. The van der Waals surface area contributed by atoms with Gasteiger partial charge in [0.2, 0.25) is 0 Å². The molecule has 2 aromatic rings. The van der Waals surface area contributed by atoms with Crippen molar-refractivity contribution in [3.63, 3.8) is 0 Å². The number of hydrogen-bond donors (Lipinski definition) is 0. The highest BCUT2D eigenvalue weighted by atomic mass is 35.5. The lowest BCUT2D eigenvalue weighted by molar-refractivity contribution is -0.120. The Balaban J connectivity index is 1.80. The van der Waals surface area contributed by atoms with Gasteiger partial charge in [-0.15, -0.1) is 0 Å². The van der Waals surface area contributed by atoms with Crippen molar-refractivity contribution in [2.45, 2.75) is 66.2 Å². The lowest BCUT2D eigenvalue weighted by Gasteiger charge is -2.42. The molecular weight excluding hydrogens is 473 g/mol. The molecule has 0 unspecified atom stereocenters. The number of benzene rings is 1. The highest BCUT2D eigenvalue weighted by molar-refractivity contribution is 6.39. The minimum Gasteiger partial charge on any atom is -0.465 e. The number of carbonyl (C=O) groups is 2. The van der Waals surface area contributed by atoms with Crippen molar-refractivity contribution in [3.05, 3.63) is 62.2 Å². The van der Waals surface area contributed by atoms with Crippen LogP contribution in [0.3, 0.4) is 0 Å². The molecule has 0 bridgehead atoms. The summed E-state index contributed by atoms with van der Waals surface area (Å²) < 4.78 is 12.0. The van der Waals surface area contributed by atoms with Crippen LogP contribution < -0.4 is 0 Å². The average Bonchev–Trinajstić information content (AvgIpc) is 3.05. The summed E-state index contributed by atoms with van der Waals surface area (Å²) in [6, 6.07) is 5.23. The van der Waals surface area contributed by atoms with E-state index < -0.39 is 5.92 Å². The van der Waals surface area contributed by atoms with E-state index in [4.69, 9.17) is 32.5 Å². The van der Waals surface area contributed by atoms with Crippen molar-refractivity contribution in [2.24, 2.45) is 10.8 Å². The molecule has 5 nitrogen and oxygen atoms in total. The summed E-state index contributed by atoms with van der Waals surface area (Å²) in [6.45, 7) is 10.0. The highest BCUT2D eigenvalue weighted by Crippen LogP contribution is 2.55. The van der Waals surface area contributed by atoms with Gasteiger partial charge in [-0.3, -0.25) is 9.59 Å². The fraction of sp³-hybridized carbons (Fsp3) is 0.444. The van der Waals surface area contributed by atoms with Gasteiger partial charge in [-0.25, -0.2) is 0 Å². The molecule has 1 aromatic carbocycles. The maximum atomic E-state index is 13.6. The van der Waals surface area contributed by atoms with Crippen LogP contribution in [-0.4, -0.2) is 16.7 Å². The molecule has 3 aliphatic rings. The van der Waals surface area contributed by atoms with E-state index in [-0.39, 0.29) is 22.4 Å². The van der Waals surface area contributed by atoms with Crippen LogP contribution in [0.1, 0.15) is 70.6 Å². The van der Waals surface area contributed by atoms with E-state index in [1.165, 1.54) is 0 Å². The third-order valence-electron chi connectivity index (χ3n) is 6.98. The van der Waals surface area contributed by atoms with Crippen LogP contribution in [0.5, 0.6) is 0 Å². The van der Waals surface area contributed by atoms with Gasteiger partial charge in [0, 0.05) is 48.0 Å². The molecule has 0 saturated heterocycles. The summed E-state index contributed by atoms with van der Waals surface area (Å²) in [5.41, 5.74) is 2.23. The predicted molar refractivity (Wildman–Crippen MR) is 131 cm³/mol. The number of hydrogen-bond acceptors (Lipinski definition) is 5. The Labute approximate surface area is 209 Å². The Morgan fingerprint density at radius 3 is 1.88 bits per heavy atom. The van der Waals surface area contributed by atoms with Crippen LogP contribution in [0.2, 0.25) is 10.0 Å². The summed E-state index contributed by atoms with van der Waals surface area (Å²) in [5.74, 6) is 1.15. The SMILES string of the molecule is Cc1onc(-c2c(Cl)cccc2Cl)c1C1C2=C(CC(C)(C)CC2=O)OC2=C1C(=O)CC(C)(C)C2. The van der Waals surface area contributed by atoms with Crippen LogP contribution in [0.25, 0.3) is 11.3 Å². The number of aryl methyl sites for hydroxylation is 1. The number of carbonyl (C=O) groups excluding carboxylic acids is 2. The standard InChI is InChI=1S/C27H27Cl2NO4/c1-13-20(25(30-34-13)21-14(28)7-6-8-15(21)29)24-22-16(31)9-26(2,3)11-18(22)33-19-12-27(4,5)10-17(32)23(19)24/h6-8,24H,9-12H2,1-5H3. The van der Waals surface area contributed by atoms with Crippen LogP contribution in [0, 0.1) is 17.8 Å². The summed E-state index contributed by atoms with van der Waals surface area (Å²) in [4.78, 5) is 27.2. The number of aromatic nitrogens is 1. The Kier molecular flexibility index (Phi) is 5.38. The van der Waals surface area contributed by atoms with Gasteiger partial charge in [0.1, 0.15) is 23.0 Å². The summed E-state index contributed by atoms with van der Waals surface area (Å²) in [6.07, 6.45) is 1.98. The zero-order chi connectivity index (χ0) is 24.6. The second-order valence-electron chi connectivity index (χ2n) is 11.2. The number of allylic oxidation sites excluding steroid dienone is 4. The van der Waals surface area contributed by atoms with Gasteiger partial charge in [-0.2, -0.15) is 0 Å². The van der Waals surface area contributed by atoms with Gasteiger partial charge < -0.3 is 9.26 Å². The predicted octanol–water partition coefficient (Wildman–Crippen LogP) is 7.36. The highest BCUT2D eigenvalue weighted by Gasteiger charge is 2.49. The molecule has 178 valence electrons. The zero-order valence-corrected chi connectivity index (χ0v) is 21.5. The number of Topliss-reactive ketones (excluding diaryl/α,β-unsaturated/α-hetero) is 2. The van der Waals surface area contributed by atoms with Crippen molar-refractivity contribution < 1.29 is 18.8 Å². The fourth-order valence-electron chi connectivity index (χ4n) is 5.59. The molecule has 0 spiro atoms. The lowest BCUT2D eigenvalue weighted by atomic mass is 9.65. The number of ether oxygens (including phenoxy) is 1. The molecule has 7 heteroatoms. The first-order valence-electron chi connectivity index (χ1n) is 11.5. The van der Waals surface area contributed by atoms with Crippen molar-refractivity contribution in [1.82, 2.24) is 5.16 Å². The van der Waals surface area contributed by atoms with Gasteiger partial charge in [0.25, 0.3) is 0 Å². The normalized spacial score (nSPS) is 22.0. The fourth-order valence-corrected chi connectivity index (χ4v) is 6.16. The number of nitrogens with zero attached hydrogens (tertiary/aromatic N) is 1. The van der Waals surface area contributed by atoms with E-state index >= 15 is 0 Å². The quantitative estimate of drug-likeness (QED) is 0.431. The molecule has 2 aliphatic carbocycles. The molecule has 0 saturated carbocycles. The lowest BCUT2D eigenvalue weighted by Crippen LogP contribution is -2.37. The average molecular weight is 500 g/mol. The maximum Gasteiger partial charge on any atom is 0.163 e. The van der Waals surface area contributed by atoms with Crippen molar-refractivity contribution >= 4 is 34.8 Å². The van der Waals surface area contributed by atoms with E-state index in [9.17, 15) is 9.59 Å². The largest absolute Gasteiger partial charge is 0.465 e. The molecule has 1 aromatic heterocycles. The molecule has 0 fully saturated rings. The monoisotopic (exact) mass is 499 g/mol. The molecule has 2 heterocycles. The first-order valence-corrected chi connectivity index (χ1v) is 12.2. The van der Waals surface area contributed by atoms with E-state index in [1.807, 2.05) is 0 Å². The van der Waals surface area contributed by atoms with E-state index in [0.717, 1.165) is 0 Å². The number of ketones is 2. The minimum absolute atomic E-state index is 0.0164. The third-order valence-corrected chi connectivity index (χ3v) is 7.61. The molecule has 0 atom stereocenters. The van der Waals surface area contributed by atoms with Crippen molar-refractivity contribution in [2.75, 3.05) is 0 Å². The van der Waals surface area contributed by atoms with Crippen LogP contribution in [0.4, 0.5) is 0 Å². The number of halogens is 2. The molecule has 1 aliphatic heterocycles. The Morgan fingerprint density at radius 1 is 0.882 bits per heavy atom. The van der Waals surface area contributed by atoms with E-state index in [1.54, 1.807) is 25.1 Å². The Bertz CT molecular complexity index is 1240. The van der Waals surface area contributed by atoms with E-state index in [2.05, 4.69) is 32.9 Å². The van der Waals surface area contributed by atoms with Gasteiger partial charge >= 0.3 is 0 Å². The third kappa shape index (κ3) is 3.74. The topological polar surface area (TPSA) is 69.4 Å². The smallest absolute Gasteiger partial charge is 0.163 e. The summed E-state index contributed by atoms with van der Waals surface area (Å²) >= 11 is 13.1. The van der Waals surface area contributed by atoms with Crippen LogP contribution >= 0.6 is 23.2 Å².